The number of hydrogen-bond donors (Lipinski definition) is 0. The number of alkyl halides is 6. The lowest BCUT2D eigenvalue weighted by Gasteiger charge is -2.17. The van der Waals surface area contributed by atoms with Crippen molar-refractivity contribution in [1.29, 1.82) is 0 Å². The number of ketones is 4. The standard InChI is InChI=1S/C37H32F6O4S2/c1-18-32(20(3)48-34(18)24-12-8-22(9-13-24)28(44)16-30(46)36(38,39)40)26-6-5-7-27(26)33-19(2)35(49-21(33)4)25-14-10-23(11-15-25)29(45)17-31(47)37(41,42)43/h8-15,20-21H,5-7,16-17H2,1-4H3/b32-26-,33-27+. The van der Waals surface area contributed by atoms with Gasteiger partial charge in [0.15, 0.2) is 11.6 Å². The van der Waals surface area contributed by atoms with Crippen LogP contribution in [0, 0.1) is 0 Å². The molecular weight excluding hydrogens is 687 g/mol. The van der Waals surface area contributed by atoms with Gasteiger partial charge in [0.1, 0.15) is 0 Å². The largest absolute Gasteiger partial charge is 0.450 e. The van der Waals surface area contributed by atoms with Gasteiger partial charge in [-0.1, -0.05) is 48.5 Å². The minimum atomic E-state index is -5.06. The molecule has 0 saturated heterocycles. The molecule has 4 nitrogen and oxygen atoms in total. The van der Waals surface area contributed by atoms with Crippen LogP contribution in [-0.4, -0.2) is 46.0 Å². The lowest BCUT2D eigenvalue weighted by Crippen LogP contribution is -2.25. The molecule has 258 valence electrons. The van der Waals surface area contributed by atoms with Crippen molar-refractivity contribution >= 4 is 56.5 Å². The van der Waals surface area contributed by atoms with Gasteiger partial charge in [-0.2, -0.15) is 26.3 Å². The lowest BCUT2D eigenvalue weighted by molar-refractivity contribution is -0.170. The van der Waals surface area contributed by atoms with E-state index in [9.17, 15) is 45.5 Å². The molecule has 2 aromatic carbocycles. The summed E-state index contributed by atoms with van der Waals surface area (Å²) in [6.07, 6.45) is -9.78. The molecule has 1 fully saturated rings. The molecule has 0 radical (unpaired) electrons. The van der Waals surface area contributed by atoms with Gasteiger partial charge in [0.2, 0.25) is 11.6 Å². The van der Waals surface area contributed by atoms with Crippen molar-refractivity contribution < 1.29 is 45.5 Å². The Morgan fingerprint density at radius 3 is 1.24 bits per heavy atom. The Bertz CT molecular complexity index is 1720. The molecule has 0 amide bonds. The minimum Gasteiger partial charge on any atom is -0.294 e. The third kappa shape index (κ3) is 7.60. The predicted octanol–water partition coefficient (Wildman–Crippen LogP) is 10.3. The predicted molar refractivity (Wildman–Crippen MR) is 180 cm³/mol. The molecule has 0 spiro atoms. The van der Waals surface area contributed by atoms with Crippen LogP contribution in [0.15, 0.2) is 82.0 Å². The molecule has 12 heteroatoms. The van der Waals surface area contributed by atoms with Crippen LogP contribution in [0.2, 0.25) is 0 Å². The van der Waals surface area contributed by atoms with Crippen LogP contribution in [-0.2, 0) is 9.59 Å². The van der Waals surface area contributed by atoms with E-state index in [4.69, 9.17) is 0 Å². The van der Waals surface area contributed by atoms with Gasteiger partial charge in [0, 0.05) is 31.4 Å². The van der Waals surface area contributed by atoms with Gasteiger partial charge in [-0.3, -0.25) is 19.2 Å². The number of Topliss-reactive ketones (excluding diaryl/α,β-unsaturated/α-hetero) is 4. The zero-order valence-electron chi connectivity index (χ0n) is 27.0. The fourth-order valence-electron chi connectivity index (χ4n) is 6.66. The van der Waals surface area contributed by atoms with E-state index in [1.165, 1.54) is 46.6 Å². The highest BCUT2D eigenvalue weighted by atomic mass is 32.2. The van der Waals surface area contributed by atoms with Crippen LogP contribution in [0.1, 0.15) is 91.6 Å². The first-order valence-corrected chi connectivity index (χ1v) is 17.3. The zero-order valence-corrected chi connectivity index (χ0v) is 28.7. The summed E-state index contributed by atoms with van der Waals surface area (Å²) in [5.41, 5.74) is 9.03. The topological polar surface area (TPSA) is 68.3 Å². The maximum absolute atomic E-state index is 12.6. The van der Waals surface area contributed by atoms with E-state index in [-0.39, 0.29) is 21.6 Å². The second-order valence-corrected chi connectivity index (χ2v) is 15.0. The van der Waals surface area contributed by atoms with Crippen molar-refractivity contribution in [2.45, 2.75) is 82.7 Å². The molecule has 1 aliphatic carbocycles. The smallest absolute Gasteiger partial charge is 0.294 e. The number of hydrogen-bond acceptors (Lipinski definition) is 6. The molecule has 2 unspecified atom stereocenters. The molecule has 49 heavy (non-hydrogen) atoms. The van der Waals surface area contributed by atoms with Crippen molar-refractivity contribution in [3.8, 4) is 0 Å². The summed E-state index contributed by atoms with van der Waals surface area (Å²) < 4.78 is 75.8. The third-order valence-corrected chi connectivity index (χ3v) is 11.7. The molecule has 0 bridgehead atoms. The average Bonchev–Trinajstić information content (AvgIpc) is 3.70. The van der Waals surface area contributed by atoms with Crippen LogP contribution in [0.4, 0.5) is 26.3 Å². The molecule has 0 N–H and O–H groups in total. The van der Waals surface area contributed by atoms with E-state index in [0.717, 1.165) is 51.3 Å². The molecule has 2 atom stereocenters. The normalized spacial score (nSPS) is 23.1. The van der Waals surface area contributed by atoms with E-state index in [1.54, 1.807) is 47.8 Å². The summed E-state index contributed by atoms with van der Waals surface area (Å²) in [4.78, 5) is 49.2. The van der Waals surface area contributed by atoms with E-state index >= 15 is 0 Å². The highest BCUT2D eigenvalue weighted by Crippen LogP contribution is 2.55. The Hall–Kier alpha value is -3.64. The summed E-state index contributed by atoms with van der Waals surface area (Å²) in [5, 5.41) is 0.263. The maximum Gasteiger partial charge on any atom is 0.450 e. The first-order chi connectivity index (χ1) is 22.9. The second-order valence-electron chi connectivity index (χ2n) is 12.3. The van der Waals surface area contributed by atoms with Gasteiger partial charge in [-0.15, -0.1) is 23.5 Å². The Morgan fingerprint density at radius 2 is 0.939 bits per heavy atom. The summed E-state index contributed by atoms with van der Waals surface area (Å²) in [5.74, 6) is -5.91. The summed E-state index contributed by atoms with van der Waals surface area (Å²) in [7, 11) is 0. The van der Waals surface area contributed by atoms with Crippen molar-refractivity contribution in [2.24, 2.45) is 0 Å². The molecule has 2 aromatic rings. The van der Waals surface area contributed by atoms with Crippen molar-refractivity contribution in [2.75, 3.05) is 0 Å². The average molecular weight is 719 g/mol. The molecular formula is C37H32F6O4S2. The van der Waals surface area contributed by atoms with Crippen LogP contribution in [0.3, 0.4) is 0 Å². The highest BCUT2D eigenvalue weighted by Gasteiger charge is 2.40. The number of carbonyl (C=O) groups excluding carboxylic acids is 4. The number of thioether (sulfide) groups is 2. The molecule has 3 aliphatic rings. The molecule has 0 aromatic heterocycles. The van der Waals surface area contributed by atoms with Crippen LogP contribution in [0.5, 0.6) is 0 Å². The fourth-order valence-corrected chi connectivity index (χ4v) is 9.36. The van der Waals surface area contributed by atoms with Crippen LogP contribution >= 0.6 is 23.5 Å². The van der Waals surface area contributed by atoms with E-state index in [0.29, 0.717) is 0 Å². The van der Waals surface area contributed by atoms with Crippen molar-refractivity contribution in [1.82, 2.24) is 0 Å². The quantitative estimate of drug-likeness (QED) is 0.154. The Morgan fingerprint density at radius 1 is 0.612 bits per heavy atom. The maximum atomic E-state index is 12.6. The highest BCUT2D eigenvalue weighted by molar-refractivity contribution is 8.09. The van der Waals surface area contributed by atoms with Gasteiger partial charge in [0.25, 0.3) is 0 Å². The first kappa shape index (κ1) is 36.6. The van der Waals surface area contributed by atoms with Crippen molar-refractivity contribution in [3.63, 3.8) is 0 Å². The summed E-state index contributed by atoms with van der Waals surface area (Å²) in [6, 6.07) is 12.6. The Kier molecular flexibility index (Phi) is 10.4. The van der Waals surface area contributed by atoms with Gasteiger partial charge in [-0.25, -0.2) is 0 Å². The summed E-state index contributed by atoms with van der Waals surface area (Å²) >= 11 is 3.37. The van der Waals surface area contributed by atoms with Crippen molar-refractivity contribution in [3.05, 3.63) is 104 Å². The number of allylic oxidation sites excluding steroid dienone is 4. The number of carbonyl (C=O) groups is 4. The number of rotatable bonds is 8. The second kappa shape index (κ2) is 13.9. The summed E-state index contributed by atoms with van der Waals surface area (Å²) in [6.45, 7) is 8.39. The zero-order chi connectivity index (χ0) is 36.0. The Labute approximate surface area is 288 Å². The first-order valence-electron chi connectivity index (χ1n) is 15.6. The molecule has 2 heterocycles. The third-order valence-electron chi connectivity index (χ3n) is 8.97. The van der Waals surface area contributed by atoms with E-state index < -0.39 is 48.3 Å². The fraction of sp³-hybridized carbons (Fsp3) is 0.351. The van der Waals surface area contributed by atoms with Crippen LogP contribution in [0.25, 0.3) is 9.81 Å². The molecule has 5 rings (SSSR count). The molecule has 2 aliphatic heterocycles. The van der Waals surface area contributed by atoms with Gasteiger partial charge in [-0.05, 0) is 91.5 Å². The van der Waals surface area contributed by atoms with Gasteiger partial charge < -0.3 is 0 Å². The van der Waals surface area contributed by atoms with E-state index in [2.05, 4.69) is 27.7 Å². The Balaban J connectivity index is 1.43. The SMILES string of the molecule is CC1=C(c2ccc(C(=O)CC(=O)C(F)(F)F)cc2)SC(C)/C1=C1/CCC/C1=C1/C(C)=C(c2ccc(C(=O)CC(=O)C(F)(F)F)cc2)SC1C. The number of benzene rings is 2. The monoisotopic (exact) mass is 718 g/mol. The molecule has 1 saturated carbocycles. The van der Waals surface area contributed by atoms with Gasteiger partial charge in [0.05, 0.1) is 12.8 Å². The van der Waals surface area contributed by atoms with Gasteiger partial charge >= 0.3 is 12.4 Å². The van der Waals surface area contributed by atoms with E-state index in [1.807, 2.05) is 0 Å². The van der Waals surface area contributed by atoms with Crippen LogP contribution < -0.4 is 0 Å². The number of halogens is 6. The lowest BCUT2D eigenvalue weighted by atomic mass is 9.88. The minimum absolute atomic E-state index is 0.0422.